The van der Waals surface area contributed by atoms with Crippen LogP contribution in [0.2, 0.25) is 0 Å². The molecule has 1 unspecified atom stereocenters. The van der Waals surface area contributed by atoms with Crippen molar-refractivity contribution in [1.82, 2.24) is 4.90 Å². The monoisotopic (exact) mass is 280 g/mol. The molecular weight excluding hydrogens is 256 g/mol. The van der Waals surface area contributed by atoms with Gasteiger partial charge in [0, 0.05) is 19.1 Å². The molecule has 0 aliphatic heterocycles. The highest BCUT2D eigenvalue weighted by Gasteiger charge is 2.24. The molecule has 1 aliphatic carbocycles. The summed E-state index contributed by atoms with van der Waals surface area (Å²) in [6, 6.07) is 19.9. The topological polar surface area (TPSA) is 29.3 Å². The third kappa shape index (κ3) is 3.52. The molecule has 1 fully saturated rings. The fourth-order valence-corrected chi connectivity index (χ4v) is 2.99. The Morgan fingerprint density at radius 1 is 1.10 bits per heavy atom. The van der Waals surface area contributed by atoms with Crippen LogP contribution in [-0.4, -0.2) is 18.5 Å². The molecule has 0 spiro atoms. The minimum atomic E-state index is 0.281. The maximum atomic E-state index is 6.06. The first-order chi connectivity index (χ1) is 10.3. The summed E-state index contributed by atoms with van der Waals surface area (Å²) < 4.78 is 0. The van der Waals surface area contributed by atoms with Crippen molar-refractivity contribution in [2.45, 2.75) is 31.3 Å². The summed E-state index contributed by atoms with van der Waals surface area (Å²) in [5, 5.41) is 0. The first kappa shape index (κ1) is 14.3. The minimum Gasteiger partial charge on any atom is -0.329 e. The van der Waals surface area contributed by atoms with Gasteiger partial charge in [-0.3, -0.25) is 4.90 Å². The molecule has 2 nitrogen and oxygen atoms in total. The molecule has 0 bridgehead atoms. The molecule has 1 aliphatic rings. The summed E-state index contributed by atoms with van der Waals surface area (Å²) in [6.45, 7) is 1.58. The normalized spacial score (nSPS) is 16.1. The second kappa shape index (κ2) is 6.42. The van der Waals surface area contributed by atoms with E-state index in [1.54, 1.807) is 0 Å². The van der Waals surface area contributed by atoms with E-state index in [1.165, 1.54) is 29.5 Å². The van der Waals surface area contributed by atoms with Gasteiger partial charge in [-0.05, 0) is 42.5 Å². The van der Waals surface area contributed by atoms with Crippen molar-refractivity contribution < 1.29 is 0 Å². The van der Waals surface area contributed by atoms with E-state index in [0.717, 1.165) is 12.5 Å². The molecule has 2 N–H and O–H groups in total. The predicted molar refractivity (Wildman–Crippen MR) is 88.1 cm³/mol. The third-order valence-corrected chi connectivity index (χ3v) is 4.37. The Morgan fingerprint density at radius 2 is 1.86 bits per heavy atom. The van der Waals surface area contributed by atoms with Gasteiger partial charge in [0.05, 0.1) is 0 Å². The zero-order chi connectivity index (χ0) is 14.7. The Kier molecular flexibility index (Phi) is 4.37. The Morgan fingerprint density at radius 3 is 2.52 bits per heavy atom. The summed E-state index contributed by atoms with van der Waals surface area (Å²) >= 11 is 0. The summed E-state index contributed by atoms with van der Waals surface area (Å²) in [4.78, 5) is 2.35. The number of rotatable bonds is 6. The summed E-state index contributed by atoms with van der Waals surface area (Å²) in [5.74, 6) is 0.794. The molecule has 0 heterocycles. The van der Waals surface area contributed by atoms with Crippen molar-refractivity contribution in [1.29, 1.82) is 0 Å². The second-order valence-electron chi connectivity index (χ2n) is 6.10. The molecule has 110 valence electrons. The zero-order valence-electron chi connectivity index (χ0n) is 12.7. The molecule has 2 aromatic rings. The zero-order valence-corrected chi connectivity index (χ0v) is 12.7. The maximum Gasteiger partial charge on any atom is 0.0471 e. The van der Waals surface area contributed by atoms with Crippen LogP contribution in [-0.2, 0) is 6.54 Å². The van der Waals surface area contributed by atoms with Crippen molar-refractivity contribution in [2.75, 3.05) is 13.6 Å². The first-order valence-electron chi connectivity index (χ1n) is 7.82. The lowest BCUT2D eigenvalue weighted by molar-refractivity contribution is 0.241. The molecule has 0 saturated heterocycles. The molecule has 0 aromatic heterocycles. The van der Waals surface area contributed by atoms with Crippen LogP contribution in [0.1, 0.15) is 41.5 Å². The van der Waals surface area contributed by atoms with E-state index in [9.17, 15) is 0 Å². The molecular formula is C19H24N2. The molecule has 3 rings (SSSR count). The molecule has 0 radical (unpaired) electrons. The standard InChI is InChI=1S/C19H24N2/c1-21(14-15-6-3-2-4-7-15)19(13-20)18-9-5-8-17(12-18)16-10-11-16/h2-9,12,16,19H,10-11,13-14,20H2,1H3. The van der Waals surface area contributed by atoms with Crippen LogP contribution in [0.15, 0.2) is 54.6 Å². The highest BCUT2D eigenvalue weighted by molar-refractivity contribution is 5.31. The molecule has 2 heteroatoms. The van der Waals surface area contributed by atoms with Crippen LogP contribution in [0.25, 0.3) is 0 Å². The molecule has 1 atom stereocenters. The van der Waals surface area contributed by atoms with E-state index in [1.807, 2.05) is 0 Å². The van der Waals surface area contributed by atoms with E-state index >= 15 is 0 Å². The number of nitrogens with two attached hydrogens (primary N) is 1. The van der Waals surface area contributed by atoms with Gasteiger partial charge in [0.2, 0.25) is 0 Å². The van der Waals surface area contributed by atoms with Gasteiger partial charge in [-0.25, -0.2) is 0 Å². The SMILES string of the molecule is CN(Cc1ccccc1)C(CN)c1cccc(C2CC2)c1. The smallest absolute Gasteiger partial charge is 0.0471 e. The summed E-state index contributed by atoms with van der Waals surface area (Å²) in [6.07, 6.45) is 2.69. The Hall–Kier alpha value is -1.64. The molecule has 1 saturated carbocycles. The summed E-state index contributed by atoms with van der Waals surface area (Å²) in [7, 11) is 2.16. The maximum absolute atomic E-state index is 6.06. The number of nitrogens with zero attached hydrogens (tertiary/aromatic N) is 1. The van der Waals surface area contributed by atoms with Crippen LogP contribution in [0.5, 0.6) is 0 Å². The highest BCUT2D eigenvalue weighted by Crippen LogP contribution is 2.40. The quantitative estimate of drug-likeness (QED) is 0.874. The fourth-order valence-electron chi connectivity index (χ4n) is 2.99. The Labute approximate surface area is 127 Å². The lowest BCUT2D eigenvalue weighted by Crippen LogP contribution is -2.30. The Balaban J connectivity index is 1.75. The number of benzene rings is 2. The van der Waals surface area contributed by atoms with Gasteiger partial charge in [-0.1, -0.05) is 54.6 Å². The van der Waals surface area contributed by atoms with Crippen molar-refractivity contribution in [3.05, 3.63) is 71.3 Å². The van der Waals surface area contributed by atoms with Gasteiger partial charge in [-0.2, -0.15) is 0 Å². The van der Waals surface area contributed by atoms with Crippen LogP contribution in [0.4, 0.5) is 0 Å². The number of likely N-dealkylation sites (N-methyl/N-ethyl adjacent to an activating group) is 1. The van der Waals surface area contributed by atoms with Crippen LogP contribution >= 0.6 is 0 Å². The molecule has 2 aromatic carbocycles. The highest BCUT2D eigenvalue weighted by atomic mass is 15.1. The lowest BCUT2D eigenvalue weighted by atomic mass is 10.0. The van der Waals surface area contributed by atoms with Crippen LogP contribution in [0.3, 0.4) is 0 Å². The fraction of sp³-hybridized carbons (Fsp3) is 0.368. The van der Waals surface area contributed by atoms with Crippen LogP contribution < -0.4 is 5.73 Å². The van der Waals surface area contributed by atoms with E-state index in [2.05, 4.69) is 66.5 Å². The average Bonchev–Trinajstić information content (AvgIpc) is 3.34. The first-order valence-corrected chi connectivity index (χ1v) is 7.82. The number of hydrogen-bond acceptors (Lipinski definition) is 2. The van der Waals surface area contributed by atoms with Gasteiger partial charge < -0.3 is 5.73 Å². The third-order valence-electron chi connectivity index (χ3n) is 4.37. The van der Waals surface area contributed by atoms with Gasteiger partial charge in [0.25, 0.3) is 0 Å². The average molecular weight is 280 g/mol. The molecule has 0 amide bonds. The van der Waals surface area contributed by atoms with Gasteiger partial charge >= 0.3 is 0 Å². The van der Waals surface area contributed by atoms with Crippen molar-refractivity contribution in [2.24, 2.45) is 5.73 Å². The van der Waals surface area contributed by atoms with Gasteiger partial charge in [0.1, 0.15) is 0 Å². The minimum absolute atomic E-state index is 0.281. The van der Waals surface area contributed by atoms with E-state index in [-0.39, 0.29) is 6.04 Å². The largest absolute Gasteiger partial charge is 0.329 e. The lowest BCUT2D eigenvalue weighted by Gasteiger charge is -2.28. The Bertz CT molecular complexity index is 575. The van der Waals surface area contributed by atoms with Crippen molar-refractivity contribution in [3.8, 4) is 0 Å². The van der Waals surface area contributed by atoms with Crippen molar-refractivity contribution in [3.63, 3.8) is 0 Å². The van der Waals surface area contributed by atoms with E-state index in [4.69, 9.17) is 5.73 Å². The number of hydrogen-bond donors (Lipinski definition) is 1. The summed E-state index contributed by atoms with van der Waals surface area (Å²) in [5.41, 5.74) is 10.2. The second-order valence-corrected chi connectivity index (χ2v) is 6.10. The van der Waals surface area contributed by atoms with Crippen molar-refractivity contribution >= 4 is 0 Å². The molecule has 21 heavy (non-hydrogen) atoms. The van der Waals surface area contributed by atoms with Crippen LogP contribution in [0, 0.1) is 0 Å². The van der Waals surface area contributed by atoms with Gasteiger partial charge in [0.15, 0.2) is 0 Å². The van der Waals surface area contributed by atoms with Gasteiger partial charge in [-0.15, -0.1) is 0 Å². The van der Waals surface area contributed by atoms with E-state index < -0.39 is 0 Å². The predicted octanol–water partition coefficient (Wildman–Crippen LogP) is 3.70. The van der Waals surface area contributed by atoms with E-state index in [0.29, 0.717) is 6.54 Å².